The number of nitriles is 1. The molecule has 2 rings (SSSR count). The van der Waals surface area contributed by atoms with E-state index in [0.29, 0.717) is 36.2 Å². The number of carbonyl (C=O) groups excluding carboxylic acids is 1. The third kappa shape index (κ3) is 7.77. The zero-order valence-corrected chi connectivity index (χ0v) is 22.2. The summed E-state index contributed by atoms with van der Waals surface area (Å²) in [6, 6.07) is 8.81. The number of nitrogens with one attached hydrogen (secondary N) is 1. The second kappa shape index (κ2) is 14.2. The van der Waals surface area contributed by atoms with Crippen LogP contribution >= 0.6 is 0 Å². The van der Waals surface area contributed by atoms with Gasteiger partial charge in [-0.3, -0.25) is 14.6 Å². The van der Waals surface area contributed by atoms with Gasteiger partial charge in [-0.05, 0) is 43.7 Å². The Labute approximate surface area is 214 Å². The van der Waals surface area contributed by atoms with Gasteiger partial charge < -0.3 is 10.0 Å². The Balaban J connectivity index is 2.39. The highest BCUT2D eigenvalue weighted by Gasteiger charge is 2.23. The summed E-state index contributed by atoms with van der Waals surface area (Å²) < 4.78 is 0. The van der Waals surface area contributed by atoms with E-state index in [2.05, 4.69) is 42.9 Å². The van der Waals surface area contributed by atoms with E-state index in [1.165, 1.54) is 6.92 Å². The van der Waals surface area contributed by atoms with Gasteiger partial charge in [0.05, 0.1) is 11.3 Å². The molecule has 1 aromatic carbocycles. The van der Waals surface area contributed by atoms with Gasteiger partial charge in [0.2, 0.25) is 5.88 Å². The topological polar surface area (TPSA) is 122 Å². The number of rotatable bonds is 13. The lowest BCUT2D eigenvalue weighted by atomic mass is 10.00. The maximum atomic E-state index is 13.8. The van der Waals surface area contributed by atoms with Crippen molar-refractivity contribution in [3.63, 3.8) is 0 Å². The maximum absolute atomic E-state index is 13.8. The van der Waals surface area contributed by atoms with E-state index in [1.807, 2.05) is 11.0 Å². The number of unbranched alkanes of at least 4 members (excludes halogenated alkanes) is 2. The number of H-pyrrole nitrogens is 1. The van der Waals surface area contributed by atoms with Crippen LogP contribution in [-0.2, 0) is 0 Å². The Bertz CT molecular complexity index is 1130. The predicted octanol–water partition coefficient (Wildman–Crippen LogP) is 6.77. The van der Waals surface area contributed by atoms with Crippen LogP contribution in [-0.4, -0.2) is 34.0 Å². The molecule has 1 aromatic heterocycles. The fourth-order valence-corrected chi connectivity index (χ4v) is 4.25. The Hall–Kier alpha value is -3.47. The van der Waals surface area contributed by atoms with Crippen LogP contribution in [0, 0.1) is 30.1 Å². The fraction of sp³-hybridized carbons (Fsp3) is 0.536. The summed E-state index contributed by atoms with van der Waals surface area (Å²) in [5.41, 5.74) is 0.174. The van der Waals surface area contributed by atoms with Crippen LogP contribution in [0.4, 0.5) is 11.4 Å². The number of hydrogen-bond donors (Lipinski definition) is 2. The van der Waals surface area contributed by atoms with Gasteiger partial charge in [-0.25, -0.2) is 0 Å². The Morgan fingerprint density at radius 2 is 1.67 bits per heavy atom. The van der Waals surface area contributed by atoms with Crippen molar-refractivity contribution in [3.05, 3.63) is 51.3 Å². The van der Waals surface area contributed by atoms with Crippen LogP contribution in [0.2, 0.25) is 0 Å². The predicted molar refractivity (Wildman–Crippen MR) is 142 cm³/mol. The molecule has 0 radical (unpaired) electrons. The molecule has 8 heteroatoms. The molecular formula is C28H39N5O3. The monoisotopic (exact) mass is 493 g/mol. The summed E-state index contributed by atoms with van der Waals surface area (Å²) in [6.07, 6.45) is 6.64. The van der Waals surface area contributed by atoms with Crippen LogP contribution in [0.15, 0.2) is 39.3 Å². The molecule has 0 aliphatic rings. The summed E-state index contributed by atoms with van der Waals surface area (Å²) in [7, 11) is 0. The van der Waals surface area contributed by atoms with E-state index in [1.54, 1.807) is 24.3 Å². The first-order chi connectivity index (χ1) is 17.2. The first-order valence-electron chi connectivity index (χ1n) is 12.9. The molecule has 36 heavy (non-hydrogen) atoms. The smallest absolute Gasteiger partial charge is 0.269 e. The van der Waals surface area contributed by atoms with Crippen LogP contribution in [0.5, 0.6) is 5.88 Å². The molecule has 2 unspecified atom stereocenters. The van der Waals surface area contributed by atoms with Crippen molar-refractivity contribution >= 4 is 17.3 Å². The largest absolute Gasteiger partial charge is 0.493 e. The highest BCUT2D eigenvalue weighted by molar-refractivity contribution is 5.99. The number of benzene rings is 1. The molecular weight excluding hydrogens is 454 g/mol. The molecule has 2 aromatic rings. The third-order valence-electron chi connectivity index (χ3n) is 6.37. The van der Waals surface area contributed by atoms with E-state index < -0.39 is 11.4 Å². The summed E-state index contributed by atoms with van der Waals surface area (Å²) in [6.45, 7) is 11.6. The number of pyridine rings is 1. The van der Waals surface area contributed by atoms with Crippen molar-refractivity contribution < 1.29 is 9.90 Å². The average molecular weight is 494 g/mol. The lowest BCUT2D eigenvalue weighted by Gasteiger charge is -2.29. The summed E-state index contributed by atoms with van der Waals surface area (Å²) in [5, 5.41) is 27.8. The number of aromatic nitrogens is 1. The van der Waals surface area contributed by atoms with Crippen molar-refractivity contribution in [2.75, 3.05) is 13.1 Å². The Morgan fingerprint density at radius 1 is 1.08 bits per heavy atom. The van der Waals surface area contributed by atoms with Crippen LogP contribution < -0.4 is 5.56 Å². The zero-order chi connectivity index (χ0) is 26.7. The van der Waals surface area contributed by atoms with E-state index in [-0.39, 0.29) is 22.7 Å². The Morgan fingerprint density at radius 3 is 2.22 bits per heavy atom. The van der Waals surface area contributed by atoms with E-state index in [9.17, 15) is 20.0 Å². The highest BCUT2D eigenvalue weighted by Crippen LogP contribution is 2.31. The number of carbonyl (C=O) groups is 1. The second-order valence-electron chi connectivity index (χ2n) is 9.69. The number of aromatic hydroxyl groups is 1. The molecule has 8 nitrogen and oxygen atoms in total. The second-order valence-corrected chi connectivity index (χ2v) is 9.69. The third-order valence-corrected chi connectivity index (χ3v) is 6.37. The molecule has 0 aliphatic heterocycles. The van der Waals surface area contributed by atoms with Gasteiger partial charge in [-0.1, -0.05) is 65.5 Å². The first kappa shape index (κ1) is 28.8. The number of azo groups is 1. The van der Waals surface area contributed by atoms with Gasteiger partial charge in [-0.15, -0.1) is 10.2 Å². The minimum absolute atomic E-state index is 0.00775. The van der Waals surface area contributed by atoms with Gasteiger partial charge in [0.15, 0.2) is 0 Å². The summed E-state index contributed by atoms with van der Waals surface area (Å²) >= 11 is 0. The molecule has 0 saturated carbocycles. The summed E-state index contributed by atoms with van der Waals surface area (Å²) in [5.74, 6) is 0.189. The van der Waals surface area contributed by atoms with Crippen molar-refractivity contribution in [1.82, 2.24) is 9.88 Å². The SMILES string of the molecule is CCCCC(C)CN(CC(C)CCCC)C(=O)c1ccccc1/N=N/c1c(O)[nH]c(=O)c(C#N)c1C. The van der Waals surface area contributed by atoms with Gasteiger partial charge >= 0.3 is 0 Å². The molecule has 0 spiro atoms. The molecule has 0 saturated heterocycles. The molecule has 1 amide bonds. The average Bonchev–Trinajstić information content (AvgIpc) is 2.85. The molecule has 194 valence electrons. The highest BCUT2D eigenvalue weighted by atomic mass is 16.3. The summed E-state index contributed by atoms with van der Waals surface area (Å²) in [4.78, 5) is 29.8. The Kier molecular flexibility index (Phi) is 11.3. The van der Waals surface area contributed by atoms with Crippen molar-refractivity contribution in [2.45, 2.75) is 73.1 Å². The molecule has 2 atom stereocenters. The minimum Gasteiger partial charge on any atom is -0.493 e. The van der Waals surface area contributed by atoms with Gasteiger partial charge in [0.25, 0.3) is 11.5 Å². The number of amides is 1. The fourth-order valence-electron chi connectivity index (χ4n) is 4.25. The normalized spacial score (nSPS) is 12.9. The lowest BCUT2D eigenvalue weighted by molar-refractivity contribution is 0.0700. The quantitative estimate of drug-likeness (QED) is 0.299. The van der Waals surface area contributed by atoms with E-state index in [4.69, 9.17) is 0 Å². The van der Waals surface area contributed by atoms with E-state index >= 15 is 0 Å². The van der Waals surface area contributed by atoms with Crippen LogP contribution in [0.1, 0.15) is 87.7 Å². The van der Waals surface area contributed by atoms with E-state index in [0.717, 1.165) is 38.5 Å². The van der Waals surface area contributed by atoms with Crippen LogP contribution in [0.25, 0.3) is 0 Å². The van der Waals surface area contributed by atoms with Gasteiger partial charge in [0, 0.05) is 18.7 Å². The molecule has 0 bridgehead atoms. The lowest BCUT2D eigenvalue weighted by Crippen LogP contribution is -2.38. The number of hydrogen-bond acceptors (Lipinski definition) is 6. The van der Waals surface area contributed by atoms with Crippen LogP contribution in [0.3, 0.4) is 0 Å². The zero-order valence-electron chi connectivity index (χ0n) is 22.2. The molecule has 2 N–H and O–H groups in total. The number of nitrogens with zero attached hydrogens (tertiary/aromatic N) is 4. The standard InChI is InChI=1S/C28H39N5O3/c1-6-8-12-19(3)17-33(18-20(4)13-9-7-2)28(36)22-14-10-11-15-24(22)31-32-25-21(5)23(16-29)26(34)30-27(25)35/h10-11,14-15,19-20H,6-9,12-13,17-18H2,1-5H3,(H2,30,34,35)/b32-31+. The van der Waals surface area contributed by atoms with Gasteiger partial charge in [0.1, 0.15) is 17.3 Å². The van der Waals surface area contributed by atoms with Crippen molar-refractivity contribution in [3.8, 4) is 11.9 Å². The van der Waals surface area contributed by atoms with Crippen molar-refractivity contribution in [2.24, 2.45) is 22.1 Å². The number of aromatic amines is 1. The maximum Gasteiger partial charge on any atom is 0.269 e. The first-order valence-corrected chi connectivity index (χ1v) is 12.9. The van der Waals surface area contributed by atoms with Crippen molar-refractivity contribution in [1.29, 1.82) is 5.26 Å². The molecule has 0 fully saturated rings. The van der Waals surface area contributed by atoms with Gasteiger partial charge in [-0.2, -0.15) is 5.26 Å². The molecule has 0 aliphatic carbocycles. The molecule has 1 heterocycles. The minimum atomic E-state index is -0.688.